The van der Waals surface area contributed by atoms with E-state index in [1.54, 1.807) is 62.4 Å². The molecule has 0 bridgehead atoms. The predicted molar refractivity (Wildman–Crippen MR) is 160 cm³/mol. The summed E-state index contributed by atoms with van der Waals surface area (Å²) in [5.74, 6) is 0.0626. The van der Waals surface area contributed by atoms with Crippen LogP contribution in [0.15, 0.2) is 72.8 Å². The van der Waals surface area contributed by atoms with Crippen molar-refractivity contribution < 1.29 is 28.7 Å². The van der Waals surface area contributed by atoms with E-state index in [1.807, 2.05) is 27.7 Å². The summed E-state index contributed by atoms with van der Waals surface area (Å²) in [5.41, 5.74) is 0.858. The topological polar surface area (TPSA) is 135 Å². The minimum absolute atomic E-state index is 0.291. The second kappa shape index (κ2) is 14.2. The molecule has 0 heterocycles. The van der Waals surface area contributed by atoms with Crippen molar-refractivity contribution in [2.24, 2.45) is 5.41 Å². The molecule has 0 saturated carbocycles. The summed E-state index contributed by atoms with van der Waals surface area (Å²) in [7, 11) is 0. The minimum atomic E-state index is -0.620. The first-order valence-electron chi connectivity index (χ1n) is 13.2. The number of nitrogens with one attached hydrogen (secondary N) is 4. The van der Waals surface area contributed by atoms with Crippen molar-refractivity contribution in [2.45, 2.75) is 59.9 Å². The van der Waals surface area contributed by atoms with Gasteiger partial charge >= 0.3 is 12.2 Å². The molecule has 0 aromatic heterocycles. The quantitative estimate of drug-likeness (QED) is 0.228. The van der Waals surface area contributed by atoms with Crippen LogP contribution in [0.25, 0.3) is 0 Å². The molecule has 0 spiro atoms. The molecule has 10 heteroatoms. The Morgan fingerprint density at radius 2 is 1.15 bits per heavy atom. The van der Waals surface area contributed by atoms with E-state index in [1.165, 1.54) is 0 Å². The van der Waals surface area contributed by atoms with Gasteiger partial charge in [0.15, 0.2) is 0 Å². The third-order valence-electron chi connectivity index (χ3n) is 6.18. The number of anilines is 2. The molecule has 2 aromatic rings. The molecule has 10 nitrogen and oxygen atoms in total. The number of benzene rings is 2. The first kappa shape index (κ1) is 32.6. The average molecular weight is 565 g/mol. The zero-order valence-corrected chi connectivity index (χ0v) is 24.6. The predicted octanol–water partition coefficient (Wildman–Crippen LogP) is 6.18. The van der Waals surface area contributed by atoms with Crippen molar-refractivity contribution in [3.05, 3.63) is 72.8 Å². The molecule has 0 aliphatic heterocycles. The maximum absolute atomic E-state index is 12.7. The van der Waals surface area contributed by atoms with E-state index in [9.17, 15) is 19.2 Å². The molecule has 0 aliphatic rings. The Bertz CT molecular complexity index is 1280. The van der Waals surface area contributed by atoms with Crippen molar-refractivity contribution in [1.29, 1.82) is 0 Å². The number of rotatable bonds is 12. The fourth-order valence-electron chi connectivity index (χ4n) is 3.90. The van der Waals surface area contributed by atoms with Gasteiger partial charge in [-0.1, -0.05) is 33.9 Å². The van der Waals surface area contributed by atoms with E-state index < -0.39 is 23.1 Å². The lowest BCUT2D eigenvalue weighted by Gasteiger charge is -2.37. The summed E-state index contributed by atoms with van der Waals surface area (Å²) >= 11 is 0. The van der Waals surface area contributed by atoms with Crippen LogP contribution >= 0.6 is 0 Å². The summed E-state index contributed by atoms with van der Waals surface area (Å²) < 4.78 is 10.8. The van der Waals surface area contributed by atoms with Gasteiger partial charge in [-0.2, -0.15) is 0 Å². The van der Waals surface area contributed by atoms with Crippen molar-refractivity contribution in [1.82, 2.24) is 10.6 Å². The van der Waals surface area contributed by atoms with E-state index in [0.717, 1.165) is 0 Å². The first-order valence-corrected chi connectivity index (χ1v) is 13.2. The van der Waals surface area contributed by atoms with Crippen molar-refractivity contribution >= 4 is 35.4 Å². The summed E-state index contributed by atoms with van der Waals surface area (Å²) in [6, 6.07) is 12.8. The highest BCUT2D eigenvalue weighted by molar-refractivity contribution is 6.03. The number of hydrogen-bond acceptors (Lipinski definition) is 6. The largest absolute Gasteiger partial charge is 0.413 e. The van der Waals surface area contributed by atoms with Gasteiger partial charge in [-0.25, -0.2) is 9.59 Å². The number of carbonyl (C=O) groups excluding carboxylic acids is 4. The molecule has 0 radical (unpaired) electrons. The van der Waals surface area contributed by atoms with Crippen LogP contribution in [0.1, 0.15) is 54.4 Å². The maximum atomic E-state index is 12.7. The average Bonchev–Trinajstić information content (AvgIpc) is 2.89. The number of amides is 4. The molecule has 0 saturated heterocycles. The number of ether oxygens (including phenoxy) is 2. The van der Waals surface area contributed by atoms with Crippen LogP contribution in [0.2, 0.25) is 0 Å². The Morgan fingerprint density at radius 3 is 1.54 bits per heavy atom. The molecule has 41 heavy (non-hydrogen) atoms. The minimum Gasteiger partial charge on any atom is -0.410 e. The Labute approximate surface area is 241 Å². The first-order chi connectivity index (χ1) is 19.1. The molecule has 1 unspecified atom stereocenters. The van der Waals surface area contributed by atoms with Crippen LogP contribution in [-0.4, -0.2) is 36.1 Å². The molecule has 2 rings (SSSR count). The second-order valence-electron chi connectivity index (χ2n) is 11.0. The lowest BCUT2D eigenvalue weighted by Crippen LogP contribution is -2.51. The molecular weight excluding hydrogens is 524 g/mol. The van der Waals surface area contributed by atoms with Gasteiger partial charge in [0.25, 0.3) is 11.8 Å². The summed E-state index contributed by atoms with van der Waals surface area (Å²) in [6.07, 6.45) is -0.0743. The van der Waals surface area contributed by atoms with Gasteiger partial charge < -0.3 is 30.7 Å². The van der Waals surface area contributed by atoms with Crippen LogP contribution < -0.4 is 30.7 Å². The smallest absolute Gasteiger partial charge is 0.410 e. The zero-order chi connectivity index (χ0) is 30.8. The Balaban J connectivity index is 1.87. The molecular formula is C31H40N4O6. The van der Waals surface area contributed by atoms with Gasteiger partial charge in [0.2, 0.25) is 0 Å². The van der Waals surface area contributed by atoms with Crippen molar-refractivity contribution in [2.75, 3.05) is 17.2 Å². The Hall–Kier alpha value is -4.60. The third-order valence-corrected chi connectivity index (χ3v) is 6.18. The Kier molecular flexibility index (Phi) is 11.3. The lowest BCUT2D eigenvalue weighted by molar-refractivity contribution is -0.113. The standard InChI is InChI=1S/C31H40N4O6/c1-9-31(8,35-29(39)41-25-16-12-23(13-17-25)34-27(37)21(4)5)18-30(6,7)19-32-28(38)40-24-14-10-22(11-15-24)33-26(36)20(2)3/h10-17H,2,4,9,18-19H2,1,3,5-8H3,(H,32,38)(H,33,36)(H,34,37)(H,35,39). The van der Waals surface area contributed by atoms with Gasteiger partial charge in [-0.3, -0.25) is 9.59 Å². The monoisotopic (exact) mass is 564 g/mol. The van der Waals surface area contributed by atoms with E-state index in [2.05, 4.69) is 34.4 Å². The number of hydrogen-bond donors (Lipinski definition) is 4. The van der Waals surface area contributed by atoms with Gasteiger partial charge in [0, 0.05) is 34.6 Å². The molecule has 0 aliphatic carbocycles. The van der Waals surface area contributed by atoms with E-state index >= 15 is 0 Å². The van der Waals surface area contributed by atoms with Crippen LogP contribution in [-0.2, 0) is 9.59 Å². The SMILES string of the molecule is C=C(C)C(=O)Nc1ccc(OC(=O)NCC(C)(C)CC(C)(CC)NC(=O)Oc2ccc(NC(=O)C(=C)C)cc2)cc1. The van der Waals surface area contributed by atoms with Gasteiger partial charge in [-0.15, -0.1) is 0 Å². The van der Waals surface area contributed by atoms with Gasteiger partial charge in [-0.05, 0) is 87.6 Å². The molecule has 220 valence electrons. The van der Waals surface area contributed by atoms with Crippen LogP contribution in [0.3, 0.4) is 0 Å². The summed E-state index contributed by atoms with van der Waals surface area (Å²) in [4.78, 5) is 48.6. The normalized spacial score (nSPS) is 12.2. The fourth-order valence-corrected chi connectivity index (χ4v) is 3.90. The Morgan fingerprint density at radius 1 is 0.732 bits per heavy atom. The number of carbonyl (C=O) groups is 4. The van der Waals surface area contributed by atoms with Gasteiger partial charge in [0.05, 0.1) is 0 Å². The fraction of sp³-hybridized carbons (Fsp3) is 0.355. The van der Waals surface area contributed by atoms with Crippen LogP contribution in [0.4, 0.5) is 21.0 Å². The lowest BCUT2D eigenvalue weighted by atomic mass is 9.78. The van der Waals surface area contributed by atoms with Gasteiger partial charge in [0.1, 0.15) is 11.5 Å². The zero-order valence-electron chi connectivity index (χ0n) is 24.6. The van der Waals surface area contributed by atoms with Crippen LogP contribution in [0, 0.1) is 5.41 Å². The molecule has 2 aromatic carbocycles. The molecule has 4 amide bonds. The van der Waals surface area contributed by atoms with Crippen LogP contribution in [0.5, 0.6) is 11.5 Å². The summed E-state index contributed by atoms with van der Waals surface area (Å²) in [6.45, 7) is 18.5. The highest BCUT2D eigenvalue weighted by atomic mass is 16.6. The maximum Gasteiger partial charge on any atom is 0.413 e. The van der Waals surface area contributed by atoms with E-state index in [0.29, 0.717) is 53.4 Å². The summed E-state index contributed by atoms with van der Waals surface area (Å²) in [5, 5.41) is 11.1. The molecule has 4 N–H and O–H groups in total. The van der Waals surface area contributed by atoms with Crippen molar-refractivity contribution in [3.63, 3.8) is 0 Å². The highest BCUT2D eigenvalue weighted by Crippen LogP contribution is 2.30. The second-order valence-corrected chi connectivity index (χ2v) is 11.0. The highest BCUT2D eigenvalue weighted by Gasteiger charge is 2.33. The molecule has 1 atom stereocenters. The third kappa shape index (κ3) is 11.2. The van der Waals surface area contributed by atoms with E-state index in [4.69, 9.17) is 9.47 Å². The van der Waals surface area contributed by atoms with E-state index in [-0.39, 0.29) is 11.8 Å². The molecule has 0 fully saturated rings. The van der Waals surface area contributed by atoms with Crippen molar-refractivity contribution in [3.8, 4) is 11.5 Å².